The number of aliphatic hydroxyl groups is 1. The van der Waals surface area contributed by atoms with Crippen molar-refractivity contribution in [2.24, 2.45) is 0 Å². The average Bonchev–Trinajstić information content (AvgIpc) is 2.86. The van der Waals surface area contributed by atoms with Gasteiger partial charge in [-0.05, 0) is 23.3 Å². The number of fused-ring (bicyclic) bond motifs is 1. The summed E-state index contributed by atoms with van der Waals surface area (Å²) in [5, 5.41) is 14.6. The molecule has 2 N–H and O–H groups in total. The molecule has 0 bridgehead atoms. The van der Waals surface area contributed by atoms with Crippen LogP contribution in [-0.2, 0) is 15.1 Å². The second-order valence-electron chi connectivity index (χ2n) is 7.88. The molecular weight excluding hydrogens is 402 g/mol. The number of hydrogen-bond donors (Lipinski definition) is 2. The van der Waals surface area contributed by atoms with Crippen molar-refractivity contribution < 1.29 is 19.4 Å². The number of benzene rings is 3. The lowest BCUT2D eigenvalue weighted by Gasteiger charge is -2.47. The fraction of sp³-hybridized carbons (Fsp3) is 0.111. The molecule has 0 saturated carbocycles. The molecule has 1 fully saturated rings. The summed E-state index contributed by atoms with van der Waals surface area (Å²) in [7, 11) is 0. The van der Waals surface area contributed by atoms with Crippen molar-refractivity contribution in [2.45, 2.75) is 11.3 Å². The van der Waals surface area contributed by atoms with E-state index in [0.29, 0.717) is 5.56 Å². The molecular formula is C27H21NO4. The first kappa shape index (κ1) is 20.1. The number of ketones is 2. The van der Waals surface area contributed by atoms with E-state index >= 15 is 0 Å². The average molecular weight is 423 g/mol. The van der Waals surface area contributed by atoms with Gasteiger partial charge in [-0.1, -0.05) is 91.0 Å². The summed E-state index contributed by atoms with van der Waals surface area (Å²) in [6.07, 6.45) is 2.64. The van der Waals surface area contributed by atoms with E-state index in [-0.39, 0.29) is 23.7 Å². The maximum Gasteiger partial charge on any atom is 0.273 e. The van der Waals surface area contributed by atoms with Crippen molar-refractivity contribution >= 4 is 11.6 Å². The Morgan fingerprint density at radius 2 is 1.34 bits per heavy atom. The largest absolute Gasteiger partial charge is 0.368 e. The van der Waals surface area contributed by atoms with Gasteiger partial charge in [0.25, 0.3) is 5.79 Å². The van der Waals surface area contributed by atoms with Crippen LogP contribution in [0.5, 0.6) is 0 Å². The lowest BCUT2D eigenvalue weighted by Crippen LogP contribution is -2.63. The molecule has 2 aliphatic rings. The summed E-state index contributed by atoms with van der Waals surface area (Å²) >= 11 is 0. The van der Waals surface area contributed by atoms with Crippen LogP contribution in [0.4, 0.5) is 0 Å². The van der Waals surface area contributed by atoms with Crippen molar-refractivity contribution in [1.29, 1.82) is 0 Å². The van der Waals surface area contributed by atoms with Gasteiger partial charge in [0.15, 0.2) is 5.78 Å². The fourth-order valence-corrected chi connectivity index (χ4v) is 4.28. The Morgan fingerprint density at radius 1 is 0.812 bits per heavy atom. The molecule has 1 saturated heterocycles. The summed E-state index contributed by atoms with van der Waals surface area (Å²) in [6.45, 7) is -0.00653. The molecule has 1 heterocycles. The molecule has 1 atom stereocenters. The SMILES string of the molecule is O=C(C1=C2NC(c3ccccc3)(c3ccccc3)COC2(O)C(=O)C=C1)c1ccccc1. The van der Waals surface area contributed by atoms with Gasteiger partial charge in [-0.25, -0.2) is 0 Å². The highest BCUT2D eigenvalue weighted by molar-refractivity contribution is 6.15. The molecule has 0 amide bonds. The van der Waals surface area contributed by atoms with Crippen molar-refractivity contribution in [2.75, 3.05) is 6.61 Å². The maximum absolute atomic E-state index is 13.4. The van der Waals surface area contributed by atoms with Crippen molar-refractivity contribution in [3.63, 3.8) is 0 Å². The minimum atomic E-state index is -2.25. The van der Waals surface area contributed by atoms with Gasteiger partial charge in [-0.2, -0.15) is 0 Å². The van der Waals surface area contributed by atoms with Crippen LogP contribution in [0.15, 0.2) is 114 Å². The number of nitrogens with one attached hydrogen (secondary N) is 1. The van der Waals surface area contributed by atoms with Crippen LogP contribution in [0.2, 0.25) is 0 Å². The van der Waals surface area contributed by atoms with Gasteiger partial charge >= 0.3 is 0 Å². The van der Waals surface area contributed by atoms with Crippen LogP contribution in [0.25, 0.3) is 0 Å². The minimum absolute atomic E-state index is 0.00653. The van der Waals surface area contributed by atoms with E-state index in [1.165, 1.54) is 12.2 Å². The zero-order valence-electron chi connectivity index (χ0n) is 17.2. The van der Waals surface area contributed by atoms with Gasteiger partial charge in [0, 0.05) is 11.1 Å². The van der Waals surface area contributed by atoms with Crippen LogP contribution in [-0.4, -0.2) is 29.1 Å². The predicted octanol–water partition coefficient (Wildman–Crippen LogP) is 3.51. The monoisotopic (exact) mass is 423 g/mol. The Labute approximate surface area is 185 Å². The molecule has 0 spiro atoms. The molecule has 158 valence electrons. The van der Waals surface area contributed by atoms with Crippen LogP contribution < -0.4 is 5.32 Å². The molecule has 0 radical (unpaired) electrons. The van der Waals surface area contributed by atoms with Gasteiger partial charge in [0.1, 0.15) is 5.54 Å². The van der Waals surface area contributed by atoms with E-state index in [9.17, 15) is 14.7 Å². The van der Waals surface area contributed by atoms with Crippen LogP contribution in [0, 0.1) is 0 Å². The lowest BCUT2D eigenvalue weighted by molar-refractivity contribution is -0.205. The second-order valence-corrected chi connectivity index (χ2v) is 7.88. The Balaban J connectivity index is 1.71. The van der Waals surface area contributed by atoms with E-state index in [4.69, 9.17) is 4.74 Å². The third kappa shape index (κ3) is 3.11. The van der Waals surface area contributed by atoms with Crippen LogP contribution in [0.3, 0.4) is 0 Å². The molecule has 1 unspecified atom stereocenters. The highest BCUT2D eigenvalue weighted by Gasteiger charge is 2.54. The number of rotatable bonds is 4. The number of hydrogen-bond acceptors (Lipinski definition) is 5. The van der Waals surface area contributed by atoms with E-state index in [2.05, 4.69) is 5.32 Å². The predicted molar refractivity (Wildman–Crippen MR) is 120 cm³/mol. The third-order valence-electron chi connectivity index (χ3n) is 5.99. The van der Waals surface area contributed by atoms with E-state index < -0.39 is 17.1 Å². The summed E-state index contributed by atoms with van der Waals surface area (Å²) in [5.41, 5.74) is 1.56. The topological polar surface area (TPSA) is 75.6 Å². The molecule has 0 aromatic heterocycles. The summed E-state index contributed by atoms with van der Waals surface area (Å²) < 4.78 is 5.90. The highest BCUT2D eigenvalue weighted by atomic mass is 16.6. The number of carbonyl (C=O) groups excluding carboxylic acids is 2. The number of morpholine rings is 1. The third-order valence-corrected chi connectivity index (χ3v) is 5.99. The molecule has 5 nitrogen and oxygen atoms in total. The van der Waals surface area contributed by atoms with Gasteiger partial charge < -0.3 is 15.2 Å². The fourth-order valence-electron chi connectivity index (χ4n) is 4.28. The minimum Gasteiger partial charge on any atom is -0.368 e. The second kappa shape index (κ2) is 7.71. The molecule has 3 aromatic carbocycles. The Kier molecular flexibility index (Phi) is 4.85. The number of ether oxygens (including phenoxy) is 1. The van der Waals surface area contributed by atoms with Gasteiger partial charge in [0.2, 0.25) is 5.78 Å². The highest BCUT2D eigenvalue weighted by Crippen LogP contribution is 2.41. The van der Waals surface area contributed by atoms with Crippen LogP contribution >= 0.6 is 0 Å². The molecule has 3 aromatic rings. The Morgan fingerprint density at radius 3 is 1.91 bits per heavy atom. The smallest absolute Gasteiger partial charge is 0.273 e. The maximum atomic E-state index is 13.4. The van der Waals surface area contributed by atoms with Crippen molar-refractivity contribution in [3.05, 3.63) is 131 Å². The lowest BCUT2D eigenvalue weighted by atomic mass is 9.79. The molecule has 1 aliphatic heterocycles. The normalized spacial score (nSPS) is 21.6. The van der Waals surface area contributed by atoms with Gasteiger partial charge in [0.05, 0.1) is 12.3 Å². The zero-order chi connectivity index (χ0) is 22.2. The molecule has 5 rings (SSSR count). The quantitative estimate of drug-likeness (QED) is 0.628. The van der Waals surface area contributed by atoms with Crippen molar-refractivity contribution in [1.82, 2.24) is 5.32 Å². The van der Waals surface area contributed by atoms with Gasteiger partial charge in [-0.3, -0.25) is 9.59 Å². The summed E-state index contributed by atoms with van der Waals surface area (Å²) in [4.78, 5) is 26.1. The van der Waals surface area contributed by atoms with Gasteiger partial charge in [-0.15, -0.1) is 0 Å². The first-order valence-corrected chi connectivity index (χ1v) is 10.4. The van der Waals surface area contributed by atoms with E-state index in [1.54, 1.807) is 24.3 Å². The molecule has 32 heavy (non-hydrogen) atoms. The van der Waals surface area contributed by atoms with Crippen LogP contribution in [0.1, 0.15) is 21.5 Å². The Bertz CT molecular complexity index is 1190. The number of carbonyl (C=O) groups is 2. The molecule has 5 heteroatoms. The summed E-state index contributed by atoms with van der Waals surface area (Å²) in [5.74, 6) is -3.18. The molecule has 1 aliphatic carbocycles. The zero-order valence-corrected chi connectivity index (χ0v) is 17.2. The standard InChI is InChI=1S/C27H21NO4/c29-23-17-16-22(24(30)19-10-4-1-5-11-19)25-27(23,31)32-18-26(28-25,20-12-6-2-7-13-20)21-14-8-3-9-15-21/h1-17,28,31H,18H2. The Hall–Kier alpha value is -3.80. The van der Waals surface area contributed by atoms with Crippen molar-refractivity contribution in [3.8, 4) is 0 Å². The van der Waals surface area contributed by atoms with E-state index in [0.717, 1.165) is 11.1 Å². The summed E-state index contributed by atoms with van der Waals surface area (Å²) in [6, 6.07) is 28.1. The number of Topliss-reactive ketones (excluding diaryl/α,β-unsaturated/α-hetero) is 1. The first-order chi connectivity index (χ1) is 15.5. The first-order valence-electron chi connectivity index (χ1n) is 10.4. The van der Waals surface area contributed by atoms with E-state index in [1.807, 2.05) is 66.7 Å². The number of allylic oxidation sites excluding steroid dienone is 2.